The van der Waals surface area contributed by atoms with Crippen LogP contribution in [0.1, 0.15) is 18.4 Å². The Bertz CT molecular complexity index is 955. The number of hydrogen-bond donors (Lipinski definition) is 2. The average Bonchev–Trinajstić information content (AvgIpc) is 2.80. The molecule has 0 radical (unpaired) electrons. The van der Waals surface area contributed by atoms with Gasteiger partial charge in [0.05, 0.1) is 12.9 Å². The monoisotopic (exact) mass is 448 g/mol. The summed E-state index contributed by atoms with van der Waals surface area (Å²) in [5, 5.41) is 9.27. The number of carbonyl (C=O) groups is 1. The first-order chi connectivity index (χ1) is 14.9. The maximum atomic E-state index is 13.3. The normalized spacial score (nSPS) is 16.5. The summed E-state index contributed by atoms with van der Waals surface area (Å²) in [6.45, 7) is 1.90. The quantitative estimate of drug-likeness (QED) is 0.447. The second-order valence-electron chi connectivity index (χ2n) is 7.55. The number of amides is 1. The third kappa shape index (κ3) is 5.36. The van der Waals surface area contributed by atoms with E-state index in [-0.39, 0.29) is 18.6 Å². The molecule has 3 rings (SSSR count). The van der Waals surface area contributed by atoms with E-state index < -0.39 is 20.5 Å². The number of hydrogen-bond acceptors (Lipinski definition) is 7. The largest absolute Gasteiger partial charge is 0.497 e. The van der Waals surface area contributed by atoms with E-state index in [0.29, 0.717) is 37.6 Å². The summed E-state index contributed by atoms with van der Waals surface area (Å²) in [6, 6.07) is 16.1. The van der Waals surface area contributed by atoms with Crippen LogP contribution in [0.2, 0.25) is 0 Å². The summed E-state index contributed by atoms with van der Waals surface area (Å²) < 4.78 is 35.7. The standard InChI is InChI=1S/C22H28N2O6S/c1-29-19-9-7-18(8-10-19)17-31(27,28)22(21(25)23-26)11-13-24(14-12-22)15-16-30-20-5-3-2-4-6-20/h2-10,26H,11-17H2,1H3,(H,23,25). The number of carbonyl (C=O) groups excluding carboxylic acids is 1. The van der Waals surface area contributed by atoms with Crippen LogP contribution in [0, 0.1) is 0 Å². The molecule has 0 bridgehead atoms. The van der Waals surface area contributed by atoms with Gasteiger partial charge in [-0.1, -0.05) is 30.3 Å². The highest BCUT2D eigenvalue weighted by Crippen LogP contribution is 2.34. The van der Waals surface area contributed by atoms with Crippen molar-refractivity contribution < 1.29 is 27.9 Å². The zero-order valence-corrected chi connectivity index (χ0v) is 18.3. The van der Waals surface area contributed by atoms with Crippen molar-refractivity contribution in [3.8, 4) is 11.5 Å². The van der Waals surface area contributed by atoms with Crippen LogP contribution in [-0.4, -0.2) is 62.5 Å². The Kier molecular flexibility index (Phi) is 7.53. The lowest BCUT2D eigenvalue weighted by Gasteiger charge is -2.39. The Morgan fingerprint density at radius 2 is 1.71 bits per heavy atom. The molecule has 8 nitrogen and oxygen atoms in total. The number of nitrogens with one attached hydrogen (secondary N) is 1. The van der Waals surface area contributed by atoms with Crippen molar-refractivity contribution in [2.45, 2.75) is 23.3 Å². The number of rotatable bonds is 9. The molecule has 2 N–H and O–H groups in total. The van der Waals surface area contributed by atoms with Crippen LogP contribution in [0.15, 0.2) is 54.6 Å². The molecule has 0 aliphatic carbocycles. The third-order valence-corrected chi connectivity index (χ3v) is 8.21. The minimum absolute atomic E-state index is 0.100. The van der Waals surface area contributed by atoms with Crippen molar-refractivity contribution in [1.82, 2.24) is 10.4 Å². The number of para-hydroxylation sites is 1. The highest BCUT2D eigenvalue weighted by atomic mass is 32.2. The van der Waals surface area contributed by atoms with Gasteiger partial charge in [-0.05, 0) is 42.7 Å². The molecule has 9 heteroatoms. The highest BCUT2D eigenvalue weighted by Gasteiger charge is 2.51. The maximum absolute atomic E-state index is 13.3. The van der Waals surface area contributed by atoms with E-state index in [1.807, 2.05) is 30.3 Å². The lowest BCUT2D eigenvalue weighted by molar-refractivity contribution is -0.133. The van der Waals surface area contributed by atoms with Crippen LogP contribution in [-0.2, 0) is 20.4 Å². The summed E-state index contributed by atoms with van der Waals surface area (Å²) in [7, 11) is -2.35. The fourth-order valence-electron chi connectivity index (χ4n) is 3.81. The van der Waals surface area contributed by atoms with Crippen molar-refractivity contribution in [2.24, 2.45) is 0 Å². The predicted octanol–water partition coefficient (Wildman–Crippen LogP) is 2.03. The lowest BCUT2D eigenvalue weighted by atomic mass is 9.95. The molecule has 1 amide bonds. The van der Waals surface area contributed by atoms with E-state index >= 15 is 0 Å². The Morgan fingerprint density at radius 3 is 2.29 bits per heavy atom. The number of piperidine rings is 1. The van der Waals surface area contributed by atoms with Crippen molar-refractivity contribution in [2.75, 3.05) is 33.4 Å². The number of ether oxygens (including phenoxy) is 2. The summed E-state index contributed by atoms with van der Waals surface area (Å²) >= 11 is 0. The van der Waals surface area contributed by atoms with E-state index in [2.05, 4.69) is 4.90 Å². The Hall–Kier alpha value is -2.62. The molecule has 1 fully saturated rings. The van der Waals surface area contributed by atoms with E-state index in [4.69, 9.17) is 9.47 Å². The Morgan fingerprint density at radius 1 is 1.06 bits per heavy atom. The smallest absolute Gasteiger partial charge is 0.264 e. The maximum Gasteiger partial charge on any atom is 0.264 e. The van der Waals surface area contributed by atoms with Gasteiger partial charge in [-0.2, -0.15) is 0 Å². The topological polar surface area (TPSA) is 105 Å². The van der Waals surface area contributed by atoms with Gasteiger partial charge in [0.1, 0.15) is 18.1 Å². The summed E-state index contributed by atoms with van der Waals surface area (Å²) in [5.41, 5.74) is 2.14. The highest BCUT2D eigenvalue weighted by molar-refractivity contribution is 7.92. The van der Waals surface area contributed by atoms with Crippen molar-refractivity contribution >= 4 is 15.7 Å². The summed E-state index contributed by atoms with van der Waals surface area (Å²) in [4.78, 5) is 14.6. The van der Waals surface area contributed by atoms with Crippen molar-refractivity contribution in [1.29, 1.82) is 0 Å². The van der Waals surface area contributed by atoms with Gasteiger partial charge < -0.3 is 9.47 Å². The molecule has 168 valence electrons. The molecular formula is C22H28N2O6S. The van der Waals surface area contributed by atoms with Gasteiger partial charge in [-0.3, -0.25) is 14.9 Å². The van der Waals surface area contributed by atoms with Crippen LogP contribution >= 0.6 is 0 Å². The van der Waals surface area contributed by atoms with Crippen LogP contribution in [0.3, 0.4) is 0 Å². The van der Waals surface area contributed by atoms with Gasteiger partial charge in [0.15, 0.2) is 14.6 Å². The number of likely N-dealkylation sites (tertiary alicyclic amines) is 1. The molecule has 2 aromatic carbocycles. The molecule has 31 heavy (non-hydrogen) atoms. The molecule has 0 atom stereocenters. The van der Waals surface area contributed by atoms with Gasteiger partial charge in [-0.15, -0.1) is 0 Å². The van der Waals surface area contributed by atoms with Crippen molar-refractivity contribution in [3.63, 3.8) is 0 Å². The number of methoxy groups -OCH3 is 1. The van der Waals surface area contributed by atoms with Gasteiger partial charge in [-0.25, -0.2) is 13.9 Å². The van der Waals surface area contributed by atoms with Gasteiger partial charge in [0, 0.05) is 19.6 Å². The number of benzene rings is 2. The number of nitrogens with zero attached hydrogens (tertiary/aromatic N) is 1. The first-order valence-corrected chi connectivity index (χ1v) is 11.8. The first kappa shape index (κ1) is 23.1. The van der Waals surface area contributed by atoms with Gasteiger partial charge >= 0.3 is 0 Å². The zero-order chi connectivity index (χ0) is 22.3. The second-order valence-corrected chi connectivity index (χ2v) is 9.85. The first-order valence-electron chi connectivity index (χ1n) is 10.1. The molecule has 0 aromatic heterocycles. The van der Waals surface area contributed by atoms with E-state index in [0.717, 1.165) is 5.75 Å². The summed E-state index contributed by atoms with van der Waals surface area (Å²) in [6.07, 6.45) is 0.201. The molecule has 1 aliphatic heterocycles. The van der Waals surface area contributed by atoms with Crippen LogP contribution in [0.4, 0.5) is 0 Å². The number of hydroxylamine groups is 1. The fraction of sp³-hybridized carbons (Fsp3) is 0.409. The van der Waals surface area contributed by atoms with E-state index in [1.54, 1.807) is 29.7 Å². The van der Waals surface area contributed by atoms with E-state index in [9.17, 15) is 18.4 Å². The minimum atomic E-state index is -3.89. The van der Waals surface area contributed by atoms with Gasteiger partial charge in [0.25, 0.3) is 5.91 Å². The average molecular weight is 449 g/mol. The number of sulfone groups is 1. The lowest BCUT2D eigenvalue weighted by Crippen LogP contribution is -2.58. The Labute approximate surface area is 182 Å². The molecule has 1 aliphatic rings. The molecule has 0 unspecified atom stereocenters. The predicted molar refractivity (Wildman–Crippen MR) is 116 cm³/mol. The van der Waals surface area contributed by atoms with Crippen molar-refractivity contribution in [3.05, 3.63) is 60.2 Å². The Balaban J connectivity index is 1.65. The van der Waals surface area contributed by atoms with Gasteiger partial charge in [0.2, 0.25) is 0 Å². The summed E-state index contributed by atoms with van der Waals surface area (Å²) in [5.74, 6) is 0.230. The SMILES string of the molecule is COc1ccc(CS(=O)(=O)C2(C(=O)NO)CCN(CCOc3ccccc3)CC2)cc1. The molecule has 0 saturated carbocycles. The zero-order valence-electron chi connectivity index (χ0n) is 17.5. The van der Waals surface area contributed by atoms with Crippen LogP contribution in [0.5, 0.6) is 11.5 Å². The van der Waals surface area contributed by atoms with Crippen LogP contribution < -0.4 is 15.0 Å². The minimum Gasteiger partial charge on any atom is -0.497 e. The molecule has 1 heterocycles. The van der Waals surface area contributed by atoms with E-state index in [1.165, 1.54) is 7.11 Å². The second kappa shape index (κ2) is 10.1. The molecular weight excluding hydrogens is 420 g/mol. The third-order valence-electron chi connectivity index (χ3n) is 5.71. The molecule has 0 spiro atoms. The van der Waals surface area contributed by atoms with Crippen LogP contribution in [0.25, 0.3) is 0 Å². The molecule has 2 aromatic rings. The fourth-order valence-corrected chi connectivity index (χ4v) is 5.85. The molecule has 1 saturated heterocycles.